The van der Waals surface area contributed by atoms with Crippen LogP contribution in [0.1, 0.15) is 51.9 Å². The van der Waals surface area contributed by atoms with Crippen molar-refractivity contribution in [2.45, 2.75) is 63.2 Å². The average molecular weight is 304 g/mol. The van der Waals surface area contributed by atoms with E-state index in [4.69, 9.17) is 18.0 Å². The fourth-order valence-electron chi connectivity index (χ4n) is 3.62. The molecule has 2 fully saturated rings. The maximum absolute atomic E-state index is 12.8. The van der Waals surface area contributed by atoms with Crippen LogP contribution in [0.25, 0.3) is 0 Å². The fraction of sp³-hybridized carbons (Fsp3) is 0.923. The van der Waals surface area contributed by atoms with Gasteiger partial charge in [0.05, 0.1) is 4.99 Å². The van der Waals surface area contributed by atoms with Gasteiger partial charge in [0.25, 0.3) is 0 Å². The Balaban J connectivity index is 2.25. The second-order valence-corrected chi connectivity index (χ2v) is 8.25. The summed E-state index contributed by atoms with van der Waals surface area (Å²) in [7, 11) is -3.38. The Morgan fingerprint density at radius 1 is 1.32 bits per heavy atom. The van der Waals surface area contributed by atoms with Crippen molar-refractivity contribution in [2.75, 3.05) is 6.54 Å². The summed E-state index contributed by atoms with van der Waals surface area (Å²) >= 11 is 4.95. The van der Waals surface area contributed by atoms with Gasteiger partial charge in [0.2, 0.25) is 10.0 Å². The molecule has 1 aliphatic heterocycles. The second-order valence-electron chi connectivity index (χ2n) is 5.71. The molecule has 6 heteroatoms. The minimum atomic E-state index is -3.38. The Morgan fingerprint density at radius 2 is 1.95 bits per heavy atom. The Morgan fingerprint density at radius 3 is 2.58 bits per heavy atom. The molecule has 3 atom stereocenters. The predicted octanol–water partition coefficient (Wildman–Crippen LogP) is 2.04. The summed E-state index contributed by atoms with van der Waals surface area (Å²) in [6.07, 6.45) is 7.14. The minimum Gasteiger partial charge on any atom is -0.392 e. The lowest BCUT2D eigenvalue weighted by Gasteiger charge is -2.44. The maximum Gasteiger partial charge on any atom is 0.223 e. The summed E-state index contributed by atoms with van der Waals surface area (Å²) in [5.41, 5.74) is 5.63. The highest BCUT2D eigenvalue weighted by Crippen LogP contribution is 2.37. The molecule has 4 nitrogen and oxygen atoms in total. The van der Waals surface area contributed by atoms with Gasteiger partial charge >= 0.3 is 0 Å². The molecule has 110 valence electrons. The molecule has 1 heterocycles. The van der Waals surface area contributed by atoms with Crippen LogP contribution in [0.4, 0.5) is 0 Å². The van der Waals surface area contributed by atoms with Crippen LogP contribution in [0, 0.1) is 5.92 Å². The first kappa shape index (κ1) is 15.2. The third-order valence-electron chi connectivity index (χ3n) is 4.57. The topological polar surface area (TPSA) is 63.4 Å². The van der Waals surface area contributed by atoms with Crippen LogP contribution in [0.5, 0.6) is 0 Å². The molecule has 1 saturated carbocycles. The van der Waals surface area contributed by atoms with E-state index < -0.39 is 15.3 Å². The zero-order valence-corrected chi connectivity index (χ0v) is 13.2. The lowest BCUT2D eigenvalue weighted by Crippen LogP contribution is -2.54. The van der Waals surface area contributed by atoms with Gasteiger partial charge in [-0.05, 0) is 38.0 Å². The number of piperidine rings is 1. The van der Waals surface area contributed by atoms with Crippen LogP contribution in [0.2, 0.25) is 0 Å². The molecule has 0 aromatic rings. The van der Waals surface area contributed by atoms with Crippen molar-refractivity contribution in [3.63, 3.8) is 0 Å². The van der Waals surface area contributed by atoms with Crippen LogP contribution >= 0.6 is 12.2 Å². The lowest BCUT2D eigenvalue weighted by atomic mass is 9.79. The minimum absolute atomic E-state index is 0.112. The summed E-state index contributed by atoms with van der Waals surface area (Å²) in [5, 5.41) is -0.692. The zero-order chi connectivity index (χ0) is 14.0. The number of hydrogen-bond donors (Lipinski definition) is 1. The second kappa shape index (κ2) is 6.06. The number of fused-ring (bicyclic) bond motifs is 1. The van der Waals surface area contributed by atoms with E-state index in [1.54, 1.807) is 4.31 Å². The Kier molecular flexibility index (Phi) is 4.84. The van der Waals surface area contributed by atoms with Crippen molar-refractivity contribution in [1.82, 2.24) is 4.31 Å². The molecule has 2 aliphatic rings. The van der Waals surface area contributed by atoms with Gasteiger partial charge in [0.15, 0.2) is 0 Å². The van der Waals surface area contributed by atoms with E-state index >= 15 is 0 Å². The molecule has 19 heavy (non-hydrogen) atoms. The van der Waals surface area contributed by atoms with E-state index in [9.17, 15) is 8.42 Å². The van der Waals surface area contributed by atoms with Gasteiger partial charge in [0.1, 0.15) is 5.25 Å². The number of sulfonamides is 1. The highest BCUT2D eigenvalue weighted by molar-refractivity contribution is 7.92. The SMILES string of the molecule is CCC(C(N)=S)S(=O)(=O)N1CCCC2CCCCC21. The standard InChI is InChI=1S/C13H24N2O2S2/c1-2-12(13(14)18)19(16,17)15-9-5-7-10-6-3-4-8-11(10)15/h10-12H,2-9H2,1H3,(H2,14,18). The zero-order valence-electron chi connectivity index (χ0n) is 11.5. The smallest absolute Gasteiger partial charge is 0.223 e. The summed E-state index contributed by atoms with van der Waals surface area (Å²) in [4.78, 5) is 0.112. The van der Waals surface area contributed by atoms with Crippen LogP contribution in [-0.2, 0) is 10.0 Å². The first-order chi connectivity index (χ1) is 8.98. The van der Waals surface area contributed by atoms with Crippen LogP contribution in [0.3, 0.4) is 0 Å². The Labute approximate surface area is 121 Å². The van der Waals surface area contributed by atoms with Crippen LogP contribution in [-0.4, -0.2) is 35.5 Å². The van der Waals surface area contributed by atoms with Crippen molar-refractivity contribution in [3.05, 3.63) is 0 Å². The van der Waals surface area contributed by atoms with E-state index in [0.29, 0.717) is 18.9 Å². The van der Waals surface area contributed by atoms with Gasteiger partial charge < -0.3 is 5.73 Å². The number of nitrogens with two attached hydrogens (primary N) is 1. The highest BCUT2D eigenvalue weighted by Gasteiger charge is 2.42. The molecule has 0 amide bonds. The number of thiocarbonyl (C=S) groups is 1. The lowest BCUT2D eigenvalue weighted by molar-refractivity contribution is 0.128. The summed E-state index contributed by atoms with van der Waals surface area (Å²) < 4.78 is 27.3. The van der Waals surface area contributed by atoms with E-state index in [2.05, 4.69) is 0 Å². The van der Waals surface area contributed by atoms with E-state index in [-0.39, 0.29) is 11.0 Å². The van der Waals surface area contributed by atoms with Crippen molar-refractivity contribution in [2.24, 2.45) is 11.7 Å². The number of rotatable bonds is 4. The largest absolute Gasteiger partial charge is 0.392 e. The first-order valence-corrected chi connectivity index (χ1v) is 9.19. The van der Waals surface area contributed by atoms with Crippen molar-refractivity contribution in [3.8, 4) is 0 Å². The quantitative estimate of drug-likeness (QED) is 0.807. The molecular formula is C13H24N2O2S2. The first-order valence-electron chi connectivity index (χ1n) is 7.28. The third-order valence-corrected chi connectivity index (χ3v) is 7.41. The molecule has 0 aromatic heterocycles. The van der Waals surface area contributed by atoms with Crippen molar-refractivity contribution < 1.29 is 8.42 Å². The summed E-state index contributed by atoms with van der Waals surface area (Å²) in [6.45, 7) is 2.48. The van der Waals surface area contributed by atoms with Gasteiger partial charge in [-0.15, -0.1) is 0 Å². The van der Waals surface area contributed by atoms with Gasteiger partial charge in [-0.3, -0.25) is 0 Å². The summed E-state index contributed by atoms with van der Waals surface area (Å²) in [5.74, 6) is 0.543. The molecule has 0 spiro atoms. The van der Waals surface area contributed by atoms with E-state index in [1.807, 2.05) is 6.92 Å². The molecule has 0 aromatic carbocycles. The molecular weight excluding hydrogens is 280 g/mol. The molecule has 1 aliphatic carbocycles. The molecule has 0 bridgehead atoms. The third kappa shape index (κ3) is 2.95. The molecule has 2 N–H and O–H groups in total. The van der Waals surface area contributed by atoms with E-state index in [0.717, 1.165) is 19.3 Å². The van der Waals surface area contributed by atoms with Crippen LogP contribution in [0.15, 0.2) is 0 Å². The normalized spacial score (nSPS) is 30.6. The number of nitrogens with zero attached hydrogens (tertiary/aromatic N) is 1. The Hall–Kier alpha value is -0.200. The molecule has 1 saturated heterocycles. The highest BCUT2D eigenvalue weighted by atomic mass is 32.2. The van der Waals surface area contributed by atoms with Gasteiger partial charge in [-0.25, -0.2) is 8.42 Å². The molecule has 2 rings (SSSR count). The fourth-order valence-corrected chi connectivity index (χ4v) is 6.23. The van der Waals surface area contributed by atoms with Crippen molar-refractivity contribution in [1.29, 1.82) is 0 Å². The average Bonchev–Trinajstić information content (AvgIpc) is 2.38. The molecule has 0 radical (unpaired) electrons. The maximum atomic E-state index is 12.8. The predicted molar refractivity (Wildman–Crippen MR) is 81.5 cm³/mol. The van der Waals surface area contributed by atoms with E-state index in [1.165, 1.54) is 19.3 Å². The summed E-state index contributed by atoms with van der Waals surface area (Å²) in [6, 6.07) is 0.191. The van der Waals surface area contributed by atoms with Crippen LogP contribution < -0.4 is 5.73 Å². The monoisotopic (exact) mass is 304 g/mol. The van der Waals surface area contributed by atoms with Gasteiger partial charge in [-0.2, -0.15) is 4.31 Å². The Bertz CT molecular complexity index is 434. The van der Waals surface area contributed by atoms with Crippen molar-refractivity contribution >= 4 is 27.2 Å². The number of hydrogen-bond acceptors (Lipinski definition) is 3. The molecule has 3 unspecified atom stereocenters. The van der Waals surface area contributed by atoms with Gasteiger partial charge in [0, 0.05) is 12.6 Å². The van der Waals surface area contributed by atoms with Gasteiger partial charge in [-0.1, -0.05) is 32.0 Å².